The maximum Gasteiger partial charge on any atom is 0.337 e. The van der Waals surface area contributed by atoms with Crippen LogP contribution in [0.4, 0.5) is 16.2 Å². The molecule has 0 unspecified atom stereocenters. The van der Waals surface area contributed by atoms with Gasteiger partial charge in [-0.3, -0.25) is 4.90 Å². The van der Waals surface area contributed by atoms with Gasteiger partial charge in [0, 0.05) is 17.8 Å². The highest BCUT2D eigenvalue weighted by Crippen LogP contribution is 2.21. The molecular weight excluding hydrogens is 292 g/mol. The second-order valence-electron chi connectivity index (χ2n) is 4.32. The number of hydrogen-bond acceptors (Lipinski definition) is 2. The lowest BCUT2D eigenvalue weighted by atomic mass is 10.1. The summed E-state index contributed by atoms with van der Waals surface area (Å²) in [5, 5.41) is 12.3. The van der Waals surface area contributed by atoms with Gasteiger partial charge in [-0.1, -0.05) is 29.8 Å². The van der Waals surface area contributed by atoms with E-state index >= 15 is 0 Å². The first-order valence-electron chi connectivity index (χ1n) is 6.11. The van der Waals surface area contributed by atoms with Crippen molar-refractivity contribution in [1.29, 1.82) is 0 Å². The van der Waals surface area contributed by atoms with Crippen LogP contribution >= 0.6 is 11.6 Å². The fourth-order valence-corrected chi connectivity index (χ4v) is 2.02. The van der Waals surface area contributed by atoms with E-state index in [1.54, 1.807) is 42.5 Å². The maximum absolute atomic E-state index is 12.2. The molecule has 0 heterocycles. The van der Waals surface area contributed by atoms with E-state index in [-0.39, 0.29) is 5.56 Å². The van der Waals surface area contributed by atoms with Crippen LogP contribution < -0.4 is 10.2 Å². The minimum atomic E-state index is -1.09. The summed E-state index contributed by atoms with van der Waals surface area (Å²) in [6, 6.07) is 12.6. The third-order valence-corrected chi connectivity index (χ3v) is 3.11. The highest BCUT2D eigenvalue weighted by Gasteiger charge is 2.17. The molecule has 0 atom stereocenters. The van der Waals surface area contributed by atoms with Gasteiger partial charge in [-0.25, -0.2) is 9.59 Å². The van der Waals surface area contributed by atoms with Crippen LogP contribution in [-0.2, 0) is 0 Å². The van der Waals surface area contributed by atoms with Crippen LogP contribution in [0.25, 0.3) is 0 Å². The van der Waals surface area contributed by atoms with Gasteiger partial charge in [0.15, 0.2) is 0 Å². The number of carbonyl (C=O) groups is 2. The van der Waals surface area contributed by atoms with E-state index in [9.17, 15) is 9.59 Å². The van der Waals surface area contributed by atoms with E-state index < -0.39 is 12.0 Å². The fraction of sp³-hybridized carbons (Fsp3) is 0.0667. The zero-order chi connectivity index (χ0) is 15.4. The summed E-state index contributed by atoms with van der Waals surface area (Å²) in [7, 11) is 1.50. The summed E-state index contributed by atoms with van der Waals surface area (Å²) >= 11 is 5.85. The van der Waals surface area contributed by atoms with Crippen molar-refractivity contribution in [3.8, 4) is 0 Å². The second kappa shape index (κ2) is 6.28. The summed E-state index contributed by atoms with van der Waals surface area (Å²) in [4.78, 5) is 24.6. The number of hydrogen-bond donors (Lipinski definition) is 2. The number of carbonyl (C=O) groups excluding carboxylic acids is 1. The Hall–Kier alpha value is -2.53. The van der Waals surface area contributed by atoms with Crippen LogP contribution in [0.3, 0.4) is 0 Å². The molecule has 6 heteroatoms. The lowest BCUT2D eigenvalue weighted by molar-refractivity contribution is 0.0697. The quantitative estimate of drug-likeness (QED) is 0.908. The first kappa shape index (κ1) is 14.9. The number of carboxylic acid groups (broad SMARTS) is 1. The molecule has 5 nitrogen and oxygen atoms in total. The number of carboxylic acids is 1. The molecule has 0 aromatic heterocycles. The molecule has 0 aliphatic rings. The Kier molecular flexibility index (Phi) is 4.45. The smallest absolute Gasteiger partial charge is 0.337 e. The van der Waals surface area contributed by atoms with Crippen molar-refractivity contribution in [2.75, 3.05) is 17.3 Å². The Morgan fingerprint density at radius 3 is 2.52 bits per heavy atom. The molecule has 0 fully saturated rings. The largest absolute Gasteiger partial charge is 0.478 e. The summed E-state index contributed by atoms with van der Waals surface area (Å²) in [6.07, 6.45) is 0. The number of aromatic carboxylic acids is 1. The van der Waals surface area contributed by atoms with E-state index in [1.807, 2.05) is 0 Å². The van der Waals surface area contributed by atoms with Crippen LogP contribution in [0.2, 0.25) is 5.02 Å². The number of halogens is 1. The molecule has 108 valence electrons. The van der Waals surface area contributed by atoms with Crippen molar-refractivity contribution in [3.63, 3.8) is 0 Å². The number of nitrogens with one attached hydrogen (secondary N) is 1. The molecule has 0 spiro atoms. The average Bonchev–Trinajstić information content (AvgIpc) is 2.46. The summed E-state index contributed by atoms with van der Waals surface area (Å²) in [5.74, 6) is -1.09. The number of benzene rings is 2. The van der Waals surface area contributed by atoms with Crippen molar-refractivity contribution < 1.29 is 14.7 Å². The van der Waals surface area contributed by atoms with Crippen molar-refractivity contribution in [2.45, 2.75) is 0 Å². The molecule has 0 aliphatic carbocycles. The van der Waals surface area contributed by atoms with Crippen LogP contribution in [0.5, 0.6) is 0 Å². The highest BCUT2D eigenvalue weighted by molar-refractivity contribution is 6.30. The summed E-state index contributed by atoms with van der Waals surface area (Å²) in [5.41, 5.74) is 0.901. The number of para-hydroxylation sites is 1. The minimum Gasteiger partial charge on any atom is -0.478 e. The molecule has 0 bridgehead atoms. The van der Waals surface area contributed by atoms with Crippen LogP contribution in [0, 0.1) is 0 Å². The number of amides is 2. The zero-order valence-corrected chi connectivity index (χ0v) is 12.0. The van der Waals surface area contributed by atoms with Crippen molar-refractivity contribution in [1.82, 2.24) is 0 Å². The van der Waals surface area contributed by atoms with Gasteiger partial charge in [-0.05, 0) is 30.3 Å². The lowest BCUT2D eigenvalue weighted by Gasteiger charge is -2.20. The summed E-state index contributed by atoms with van der Waals surface area (Å²) in [6.45, 7) is 0. The standard InChI is InChI=1S/C15H13ClN2O3/c1-18(13-8-3-2-7-12(13)14(19)20)15(21)17-11-6-4-5-10(16)9-11/h2-9H,1H3,(H,17,21)(H,19,20). The van der Waals surface area contributed by atoms with Crippen molar-refractivity contribution in [3.05, 3.63) is 59.1 Å². The number of urea groups is 1. The van der Waals surface area contributed by atoms with E-state index in [4.69, 9.17) is 16.7 Å². The number of rotatable bonds is 3. The monoisotopic (exact) mass is 304 g/mol. The Balaban J connectivity index is 2.22. The molecule has 2 N–H and O–H groups in total. The molecule has 2 rings (SSSR count). The van der Waals surface area contributed by atoms with E-state index in [0.29, 0.717) is 16.4 Å². The third-order valence-electron chi connectivity index (χ3n) is 2.88. The molecule has 0 aliphatic heterocycles. The van der Waals surface area contributed by atoms with Crippen LogP contribution in [-0.4, -0.2) is 24.2 Å². The second-order valence-corrected chi connectivity index (χ2v) is 4.76. The van der Waals surface area contributed by atoms with E-state index in [2.05, 4.69) is 5.32 Å². The molecule has 2 amide bonds. The lowest BCUT2D eigenvalue weighted by Crippen LogP contribution is -2.32. The maximum atomic E-state index is 12.2. The van der Waals surface area contributed by atoms with Crippen molar-refractivity contribution in [2.24, 2.45) is 0 Å². The predicted molar refractivity (Wildman–Crippen MR) is 82.3 cm³/mol. The van der Waals surface area contributed by atoms with Gasteiger partial charge in [0.2, 0.25) is 0 Å². The Morgan fingerprint density at radius 2 is 1.86 bits per heavy atom. The molecule has 21 heavy (non-hydrogen) atoms. The van der Waals surface area contributed by atoms with Gasteiger partial charge in [0.05, 0.1) is 11.3 Å². The van der Waals surface area contributed by atoms with Gasteiger partial charge in [0.25, 0.3) is 0 Å². The molecule has 0 radical (unpaired) electrons. The van der Waals surface area contributed by atoms with Gasteiger partial charge in [-0.2, -0.15) is 0 Å². The first-order valence-corrected chi connectivity index (χ1v) is 6.49. The molecule has 0 saturated carbocycles. The SMILES string of the molecule is CN(C(=O)Nc1cccc(Cl)c1)c1ccccc1C(=O)O. The molecule has 2 aromatic rings. The first-order chi connectivity index (χ1) is 9.99. The van der Waals surface area contributed by atoms with Crippen molar-refractivity contribution >= 4 is 35.0 Å². The topological polar surface area (TPSA) is 69.6 Å². The average molecular weight is 305 g/mol. The highest BCUT2D eigenvalue weighted by atomic mass is 35.5. The van der Waals surface area contributed by atoms with Crippen LogP contribution in [0.1, 0.15) is 10.4 Å². The van der Waals surface area contributed by atoms with E-state index in [0.717, 1.165) is 0 Å². The Labute approximate surface area is 126 Å². The summed E-state index contributed by atoms with van der Waals surface area (Å²) < 4.78 is 0. The zero-order valence-electron chi connectivity index (χ0n) is 11.2. The predicted octanol–water partition coefficient (Wildman–Crippen LogP) is 3.71. The van der Waals surface area contributed by atoms with Gasteiger partial charge in [-0.15, -0.1) is 0 Å². The molecular formula is C15H13ClN2O3. The van der Waals surface area contributed by atoms with Gasteiger partial charge < -0.3 is 10.4 Å². The minimum absolute atomic E-state index is 0.0567. The number of anilines is 2. The Bertz CT molecular complexity index is 688. The van der Waals surface area contributed by atoms with Gasteiger partial charge >= 0.3 is 12.0 Å². The Morgan fingerprint density at radius 1 is 1.14 bits per heavy atom. The molecule has 2 aromatic carbocycles. The van der Waals surface area contributed by atoms with E-state index in [1.165, 1.54) is 18.0 Å². The molecule has 0 saturated heterocycles. The van der Waals surface area contributed by atoms with Crippen LogP contribution in [0.15, 0.2) is 48.5 Å². The normalized spacial score (nSPS) is 10.0. The fourth-order valence-electron chi connectivity index (χ4n) is 1.83. The third kappa shape index (κ3) is 3.52. The number of nitrogens with zero attached hydrogens (tertiary/aromatic N) is 1. The van der Waals surface area contributed by atoms with Gasteiger partial charge in [0.1, 0.15) is 0 Å².